The van der Waals surface area contributed by atoms with E-state index in [1.165, 1.54) is 5.56 Å². The van der Waals surface area contributed by atoms with Crippen LogP contribution in [-0.4, -0.2) is 12.4 Å². The SMILES string of the molecule is CC(=O)C1=C(C)OCC1c1ccc(C)cc1. The molecule has 0 amide bonds. The molecule has 2 nitrogen and oxygen atoms in total. The molecule has 0 saturated heterocycles. The fourth-order valence-corrected chi connectivity index (χ4v) is 2.17. The predicted octanol–water partition coefficient (Wildman–Crippen LogP) is 2.97. The van der Waals surface area contributed by atoms with Crippen molar-refractivity contribution in [3.63, 3.8) is 0 Å². The smallest absolute Gasteiger partial charge is 0.159 e. The number of ketones is 1. The zero-order valence-electron chi connectivity index (χ0n) is 9.91. The van der Waals surface area contributed by atoms with E-state index in [-0.39, 0.29) is 11.7 Å². The normalized spacial score (nSPS) is 19.8. The molecule has 0 aromatic heterocycles. The van der Waals surface area contributed by atoms with Crippen molar-refractivity contribution in [2.75, 3.05) is 6.61 Å². The molecular weight excluding hydrogens is 200 g/mol. The topological polar surface area (TPSA) is 26.3 Å². The van der Waals surface area contributed by atoms with Crippen molar-refractivity contribution in [1.29, 1.82) is 0 Å². The number of hydrogen-bond acceptors (Lipinski definition) is 2. The molecule has 1 unspecified atom stereocenters. The lowest BCUT2D eigenvalue weighted by molar-refractivity contribution is -0.113. The van der Waals surface area contributed by atoms with Crippen molar-refractivity contribution < 1.29 is 9.53 Å². The van der Waals surface area contributed by atoms with Crippen molar-refractivity contribution >= 4 is 5.78 Å². The summed E-state index contributed by atoms with van der Waals surface area (Å²) >= 11 is 0. The van der Waals surface area contributed by atoms with Crippen LogP contribution in [0, 0.1) is 6.92 Å². The number of rotatable bonds is 2. The van der Waals surface area contributed by atoms with Crippen LogP contribution in [0.15, 0.2) is 35.6 Å². The van der Waals surface area contributed by atoms with Gasteiger partial charge in [0.1, 0.15) is 5.76 Å². The third kappa shape index (κ3) is 1.87. The minimum Gasteiger partial charge on any atom is -0.497 e. The minimum absolute atomic E-state index is 0.109. The van der Waals surface area contributed by atoms with Crippen molar-refractivity contribution in [2.24, 2.45) is 0 Å². The number of aryl methyl sites for hydroxylation is 1. The lowest BCUT2D eigenvalue weighted by atomic mass is 9.90. The molecule has 84 valence electrons. The summed E-state index contributed by atoms with van der Waals surface area (Å²) in [5.41, 5.74) is 3.21. The van der Waals surface area contributed by atoms with E-state index in [2.05, 4.69) is 31.2 Å². The largest absolute Gasteiger partial charge is 0.497 e. The molecule has 1 aromatic rings. The molecule has 1 atom stereocenters. The van der Waals surface area contributed by atoms with Gasteiger partial charge < -0.3 is 4.74 Å². The molecule has 16 heavy (non-hydrogen) atoms. The zero-order valence-corrected chi connectivity index (χ0v) is 9.91. The highest BCUT2D eigenvalue weighted by atomic mass is 16.5. The second kappa shape index (κ2) is 4.12. The Morgan fingerprint density at radius 2 is 1.88 bits per heavy atom. The van der Waals surface area contributed by atoms with Crippen LogP contribution in [0.5, 0.6) is 0 Å². The molecule has 0 radical (unpaired) electrons. The molecule has 0 saturated carbocycles. The lowest BCUT2D eigenvalue weighted by Crippen LogP contribution is -2.08. The van der Waals surface area contributed by atoms with Gasteiger partial charge in [-0.05, 0) is 26.3 Å². The standard InChI is InChI=1S/C14H16O2/c1-9-4-6-12(7-5-9)13-8-16-11(3)14(13)10(2)15/h4-7,13H,8H2,1-3H3. The Hall–Kier alpha value is -1.57. The number of Topliss-reactive ketones (excluding diaryl/α,β-unsaturated/α-hetero) is 1. The van der Waals surface area contributed by atoms with Crippen LogP contribution < -0.4 is 0 Å². The second-order valence-corrected chi connectivity index (χ2v) is 4.30. The number of ether oxygens (including phenoxy) is 1. The van der Waals surface area contributed by atoms with Crippen LogP contribution in [0.1, 0.15) is 30.9 Å². The molecule has 1 aliphatic heterocycles. The van der Waals surface area contributed by atoms with E-state index in [1.807, 2.05) is 6.92 Å². The molecule has 2 rings (SSSR count). The minimum atomic E-state index is 0.109. The molecule has 0 fully saturated rings. The highest BCUT2D eigenvalue weighted by Gasteiger charge is 2.29. The maximum Gasteiger partial charge on any atom is 0.159 e. The molecule has 0 aliphatic carbocycles. The highest BCUT2D eigenvalue weighted by molar-refractivity contribution is 5.95. The summed E-state index contributed by atoms with van der Waals surface area (Å²) in [4.78, 5) is 11.6. The lowest BCUT2D eigenvalue weighted by Gasteiger charge is -2.11. The average molecular weight is 216 g/mol. The Morgan fingerprint density at radius 1 is 1.25 bits per heavy atom. The van der Waals surface area contributed by atoms with Crippen LogP contribution >= 0.6 is 0 Å². The van der Waals surface area contributed by atoms with E-state index >= 15 is 0 Å². The van der Waals surface area contributed by atoms with Crippen LogP contribution in [0.25, 0.3) is 0 Å². The molecular formula is C14H16O2. The molecule has 0 spiro atoms. The fraction of sp³-hybridized carbons (Fsp3) is 0.357. The molecule has 0 N–H and O–H groups in total. The van der Waals surface area contributed by atoms with E-state index in [9.17, 15) is 4.79 Å². The Bertz CT molecular complexity index is 440. The first-order valence-corrected chi connectivity index (χ1v) is 5.50. The predicted molar refractivity (Wildman–Crippen MR) is 63.3 cm³/mol. The highest BCUT2D eigenvalue weighted by Crippen LogP contribution is 2.34. The average Bonchev–Trinajstić information content (AvgIpc) is 2.61. The summed E-state index contributed by atoms with van der Waals surface area (Å²) in [6, 6.07) is 8.29. The van der Waals surface area contributed by atoms with Crippen molar-refractivity contribution in [2.45, 2.75) is 26.7 Å². The molecule has 2 heteroatoms. The first-order valence-electron chi connectivity index (χ1n) is 5.50. The van der Waals surface area contributed by atoms with Gasteiger partial charge in [-0.15, -0.1) is 0 Å². The quantitative estimate of drug-likeness (QED) is 0.759. The first kappa shape index (κ1) is 10.9. The van der Waals surface area contributed by atoms with Gasteiger partial charge in [0, 0.05) is 11.5 Å². The van der Waals surface area contributed by atoms with Gasteiger partial charge in [0.15, 0.2) is 5.78 Å². The van der Waals surface area contributed by atoms with E-state index in [1.54, 1.807) is 6.92 Å². The van der Waals surface area contributed by atoms with Crippen LogP contribution in [0.2, 0.25) is 0 Å². The van der Waals surface area contributed by atoms with Gasteiger partial charge in [-0.25, -0.2) is 0 Å². The zero-order chi connectivity index (χ0) is 11.7. The Balaban J connectivity index is 2.36. The summed E-state index contributed by atoms with van der Waals surface area (Å²) in [6.45, 7) is 6.12. The number of carbonyl (C=O) groups is 1. The van der Waals surface area contributed by atoms with Crippen LogP contribution in [0.4, 0.5) is 0 Å². The van der Waals surface area contributed by atoms with Gasteiger partial charge in [-0.3, -0.25) is 4.79 Å². The summed E-state index contributed by atoms with van der Waals surface area (Å²) in [7, 11) is 0. The maximum absolute atomic E-state index is 11.6. The maximum atomic E-state index is 11.6. The van der Waals surface area contributed by atoms with E-state index < -0.39 is 0 Å². The second-order valence-electron chi connectivity index (χ2n) is 4.30. The molecule has 1 aromatic carbocycles. The monoisotopic (exact) mass is 216 g/mol. The number of benzene rings is 1. The third-order valence-corrected chi connectivity index (χ3v) is 3.05. The van der Waals surface area contributed by atoms with Gasteiger partial charge in [0.25, 0.3) is 0 Å². The number of allylic oxidation sites excluding steroid dienone is 1. The van der Waals surface area contributed by atoms with E-state index in [0.29, 0.717) is 6.61 Å². The number of hydrogen-bond donors (Lipinski definition) is 0. The van der Waals surface area contributed by atoms with E-state index in [0.717, 1.165) is 16.9 Å². The van der Waals surface area contributed by atoms with Gasteiger partial charge in [0.05, 0.1) is 6.61 Å². The van der Waals surface area contributed by atoms with Gasteiger partial charge in [-0.1, -0.05) is 29.8 Å². The Labute approximate surface area is 95.9 Å². The Morgan fingerprint density at radius 3 is 2.44 bits per heavy atom. The summed E-state index contributed by atoms with van der Waals surface area (Å²) < 4.78 is 5.48. The van der Waals surface area contributed by atoms with Crippen LogP contribution in [0.3, 0.4) is 0 Å². The van der Waals surface area contributed by atoms with Gasteiger partial charge in [0.2, 0.25) is 0 Å². The summed E-state index contributed by atoms with van der Waals surface area (Å²) in [5.74, 6) is 0.997. The number of carbonyl (C=O) groups excluding carboxylic acids is 1. The molecule has 1 heterocycles. The van der Waals surface area contributed by atoms with Gasteiger partial charge in [-0.2, -0.15) is 0 Å². The fourth-order valence-electron chi connectivity index (χ4n) is 2.17. The van der Waals surface area contributed by atoms with Crippen molar-refractivity contribution in [1.82, 2.24) is 0 Å². The Kier molecular flexibility index (Phi) is 2.82. The summed E-state index contributed by atoms with van der Waals surface area (Å²) in [6.07, 6.45) is 0. The van der Waals surface area contributed by atoms with Crippen molar-refractivity contribution in [3.8, 4) is 0 Å². The molecule has 1 aliphatic rings. The van der Waals surface area contributed by atoms with Crippen molar-refractivity contribution in [3.05, 3.63) is 46.7 Å². The van der Waals surface area contributed by atoms with E-state index in [4.69, 9.17) is 4.74 Å². The third-order valence-electron chi connectivity index (χ3n) is 3.05. The summed E-state index contributed by atoms with van der Waals surface area (Å²) in [5, 5.41) is 0. The molecule has 0 bridgehead atoms. The van der Waals surface area contributed by atoms with Crippen LogP contribution in [-0.2, 0) is 9.53 Å². The van der Waals surface area contributed by atoms with Gasteiger partial charge >= 0.3 is 0 Å². The first-order chi connectivity index (χ1) is 7.59.